The fraction of sp³-hybridized carbons (Fsp3) is 0.267. The number of ether oxygens (including phenoxy) is 1. The SMILES string of the molecule is CCCc1ccc(-c2ccc(OC(F)(F)F)nc2)cc1. The number of benzene rings is 1. The van der Waals surface area contributed by atoms with Crippen molar-refractivity contribution in [1.82, 2.24) is 4.98 Å². The Labute approximate surface area is 115 Å². The molecule has 2 aromatic rings. The lowest BCUT2D eigenvalue weighted by Crippen LogP contribution is -2.17. The highest BCUT2D eigenvalue weighted by Crippen LogP contribution is 2.24. The van der Waals surface area contributed by atoms with Crippen LogP contribution in [0.3, 0.4) is 0 Å². The van der Waals surface area contributed by atoms with Gasteiger partial charge in [-0.1, -0.05) is 37.6 Å². The van der Waals surface area contributed by atoms with Crippen molar-refractivity contribution in [2.24, 2.45) is 0 Å². The molecule has 0 saturated carbocycles. The molecule has 0 fully saturated rings. The molecule has 0 aliphatic heterocycles. The minimum Gasteiger partial charge on any atom is -0.388 e. The van der Waals surface area contributed by atoms with Crippen molar-refractivity contribution < 1.29 is 17.9 Å². The van der Waals surface area contributed by atoms with Crippen LogP contribution in [0.2, 0.25) is 0 Å². The molecule has 0 radical (unpaired) electrons. The van der Waals surface area contributed by atoms with E-state index in [2.05, 4.69) is 16.6 Å². The van der Waals surface area contributed by atoms with Crippen molar-refractivity contribution in [2.45, 2.75) is 26.1 Å². The van der Waals surface area contributed by atoms with Crippen molar-refractivity contribution in [3.63, 3.8) is 0 Å². The van der Waals surface area contributed by atoms with Gasteiger partial charge in [0.05, 0.1) is 0 Å². The van der Waals surface area contributed by atoms with E-state index < -0.39 is 12.2 Å². The Bertz CT molecular complexity index is 547. The maximum atomic E-state index is 12.0. The largest absolute Gasteiger partial charge is 0.574 e. The molecular formula is C15H14F3NO. The third kappa shape index (κ3) is 3.98. The van der Waals surface area contributed by atoms with Gasteiger partial charge in [-0.2, -0.15) is 0 Å². The number of hydrogen-bond donors (Lipinski definition) is 0. The number of halogens is 3. The van der Waals surface area contributed by atoms with E-state index in [9.17, 15) is 13.2 Å². The van der Waals surface area contributed by atoms with Crippen molar-refractivity contribution in [3.8, 4) is 17.0 Å². The van der Waals surface area contributed by atoms with Gasteiger partial charge in [-0.15, -0.1) is 13.2 Å². The predicted molar refractivity (Wildman–Crippen MR) is 70.4 cm³/mol. The molecule has 0 atom stereocenters. The topological polar surface area (TPSA) is 22.1 Å². The highest BCUT2D eigenvalue weighted by molar-refractivity contribution is 5.62. The molecule has 1 aromatic carbocycles. The molecule has 0 unspecified atom stereocenters. The average molecular weight is 281 g/mol. The summed E-state index contributed by atoms with van der Waals surface area (Å²) in [4.78, 5) is 3.66. The molecule has 0 aliphatic carbocycles. The van der Waals surface area contributed by atoms with Gasteiger partial charge in [0, 0.05) is 17.8 Å². The molecule has 0 amide bonds. The summed E-state index contributed by atoms with van der Waals surface area (Å²) < 4.78 is 39.8. The zero-order valence-electron chi connectivity index (χ0n) is 10.9. The van der Waals surface area contributed by atoms with Crippen LogP contribution in [0.4, 0.5) is 13.2 Å². The van der Waals surface area contributed by atoms with E-state index in [1.165, 1.54) is 17.8 Å². The molecule has 1 heterocycles. The number of aryl methyl sites for hydroxylation is 1. The van der Waals surface area contributed by atoms with Crippen LogP contribution in [0.1, 0.15) is 18.9 Å². The average Bonchev–Trinajstić information content (AvgIpc) is 2.39. The predicted octanol–water partition coefficient (Wildman–Crippen LogP) is 4.60. The van der Waals surface area contributed by atoms with Gasteiger partial charge < -0.3 is 4.74 Å². The van der Waals surface area contributed by atoms with Crippen LogP contribution in [0, 0.1) is 0 Å². The summed E-state index contributed by atoms with van der Waals surface area (Å²) in [5.74, 6) is -0.455. The molecular weight excluding hydrogens is 267 g/mol. The van der Waals surface area contributed by atoms with E-state index >= 15 is 0 Å². The summed E-state index contributed by atoms with van der Waals surface area (Å²) in [6.07, 6.45) is -1.26. The molecule has 5 heteroatoms. The second-order valence-corrected chi connectivity index (χ2v) is 4.38. The van der Waals surface area contributed by atoms with E-state index in [4.69, 9.17) is 0 Å². The molecule has 0 spiro atoms. The van der Waals surface area contributed by atoms with Gasteiger partial charge in [0.1, 0.15) is 0 Å². The summed E-state index contributed by atoms with van der Waals surface area (Å²) in [5.41, 5.74) is 2.90. The lowest BCUT2D eigenvalue weighted by Gasteiger charge is -2.08. The standard InChI is InChI=1S/C15H14F3NO/c1-2-3-11-4-6-12(7-5-11)13-8-9-14(19-10-13)20-15(16,17)18/h4-10H,2-3H2,1H3. The maximum Gasteiger partial charge on any atom is 0.574 e. The first-order valence-electron chi connectivity index (χ1n) is 6.29. The van der Waals surface area contributed by atoms with Crippen LogP contribution >= 0.6 is 0 Å². The van der Waals surface area contributed by atoms with E-state index in [0.29, 0.717) is 0 Å². The summed E-state index contributed by atoms with van der Waals surface area (Å²) in [5, 5.41) is 0. The lowest BCUT2D eigenvalue weighted by molar-refractivity contribution is -0.276. The second-order valence-electron chi connectivity index (χ2n) is 4.38. The number of alkyl halides is 3. The molecule has 1 aromatic heterocycles. The van der Waals surface area contributed by atoms with E-state index in [1.807, 2.05) is 24.3 Å². The highest BCUT2D eigenvalue weighted by atomic mass is 19.4. The molecule has 2 nitrogen and oxygen atoms in total. The summed E-state index contributed by atoms with van der Waals surface area (Å²) >= 11 is 0. The van der Waals surface area contributed by atoms with Crippen molar-refractivity contribution in [1.29, 1.82) is 0 Å². The quantitative estimate of drug-likeness (QED) is 0.817. The summed E-state index contributed by atoms with van der Waals surface area (Å²) in [6, 6.07) is 10.7. The molecule has 0 N–H and O–H groups in total. The van der Waals surface area contributed by atoms with Crippen LogP contribution in [0.5, 0.6) is 5.88 Å². The first kappa shape index (κ1) is 14.4. The van der Waals surface area contributed by atoms with Gasteiger partial charge >= 0.3 is 6.36 Å². The van der Waals surface area contributed by atoms with Gasteiger partial charge in [-0.25, -0.2) is 4.98 Å². The van der Waals surface area contributed by atoms with Crippen LogP contribution < -0.4 is 4.74 Å². The zero-order chi connectivity index (χ0) is 14.6. The lowest BCUT2D eigenvalue weighted by atomic mass is 10.0. The number of rotatable bonds is 4. The fourth-order valence-corrected chi connectivity index (χ4v) is 1.88. The molecule has 2 rings (SSSR count). The number of aromatic nitrogens is 1. The van der Waals surface area contributed by atoms with Gasteiger partial charge in [-0.05, 0) is 23.6 Å². The Kier molecular flexibility index (Phi) is 4.27. The van der Waals surface area contributed by atoms with Crippen LogP contribution in [0.15, 0.2) is 42.6 Å². The number of pyridine rings is 1. The monoisotopic (exact) mass is 281 g/mol. The first-order valence-corrected chi connectivity index (χ1v) is 6.29. The zero-order valence-corrected chi connectivity index (χ0v) is 10.9. The van der Waals surface area contributed by atoms with Gasteiger partial charge in [-0.3, -0.25) is 0 Å². The molecule has 20 heavy (non-hydrogen) atoms. The Morgan fingerprint density at radius 3 is 2.15 bits per heavy atom. The third-order valence-electron chi connectivity index (χ3n) is 2.78. The fourth-order valence-electron chi connectivity index (χ4n) is 1.88. The van der Waals surface area contributed by atoms with E-state index in [-0.39, 0.29) is 0 Å². The van der Waals surface area contributed by atoms with Crippen molar-refractivity contribution in [3.05, 3.63) is 48.2 Å². The van der Waals surface area contributed by atoms with Gasteiger partial charge in [0.15, 0.2) is 0 Å². The molecule has 0 saturated heterocycles. The maximum absolute atomic E-state index is 12.0. The Hall–Kier alpha value is -2.04. The molecule has 0 bridgehead atoms. The van der Waals surface area contributed by atoms with E-state index in [1.54, 1.807) is 6.07 Å². The summed E-state index contributed by atoms with van der Waals surface area (Å²) in [6.45, 7) is 2.11. The minimum atomic E-state index is -4.71. The Morgan fingerprint density at radius 1 is 1.00 bits per heavy atom. The minimum absolute atomic E-state index is 0.455. The van der Waals surface area contributed by atoms with E-state index in [0.717, 1.165) is 24.0 Å². The van der Waals surface area contributed by atoms with Crippen molar-refractivity contribution in [2.75, 3.05) is 0 Å². The molecule has 0 aliphatic rings. The van der Waals surface area contributed by atoms with Crippen molar-refractivity contribution >= 4 is 0 Å². The van der Waals surface area contributed by atoms with Crippen LogP contribution in [0.25, 0.3) is 11.1 Å². The van der Waals surface area contributed by atoms with Gasteiger partial charge in [0.2, 0.25) is 5.88 Å². The summed E-state index contributed by atoms with van der Waals surface area (Å²) in [7, 11) is 0. The number of hydrogen-bond acceptors (Lipinski definition) is 2. The second kappa shape index (κ2) is 5.94. The number of nitrogens with zero attached hydrogens (tertiary/aromatic N) is 1. The van der Waals surface area contributed by atoms with Crippen LogP contribution in [-0.4, -0.2) is 11.3 Å². The van der Waals surface area contributed by atoms with Gasteiger partial charge in [0.25, 0.3) is 0 Å². The first-order chi connectivity index (χ1) is 9.48. The van der Waals surface area contributed by atoms with Crippen LogP contribution in [-0.2, 0) is 6.42 Å². The third-order valence-corrected chi connectivity index (χ3v) is 2.78. The normalized spacial score (nSPS) is 11.4. The smallest absolute Gasteiger partial charge is 0.388 e. The molecule has 106 valence electrons. The highest BCUT2D eigenvalue weighted by Gasteiger charge is 2.31. The Balaban J connectivity index is 2.13. The Morgan fingerprint density at radius 2 is 1.65 bits per heavy atom.